The van der Waals surface area contributed by atoms with E-state index >= 15 is 0 Å². The summed E-state index contributed by atoms with van der Waals surface area (Å²) in [6.07, 6.45) is 0.674. The number of nitro benzene ring substituents is 1. The summed E-state index contributed by atoms with van der Waals surface area (Å²) in [5, 5.41) is 10.9. The van der Waals surface area contributed by atoms with E-state index in [0.717, 1.165) is 6.07 Å². The van der Waals surface area contributed by atoms with E-state index < -0.39 is 14.9 Å². The van der Waals surface area contributed by atoms with Crippen molar-refractivity contribution in [2.24, 2.45) is 11.7 Å². The molecule has 2 unspecified atom stereocenters. The normalized spacial score (nSPS) is 21.7. The van der Waals surface area contributed by atoms with Gasteiger partial charge in [-0.3, -0.25) is 10.1 Å². The minimum atomic E-state index is -3.88. The van der Waals surface area contributed by atoms with Crippen LogP contribution in [0.25, 0.3) is 0 Å². The monoisotopic (exact) mass is 365 g/mol. The predicted molar refractivity (Wildman–Crippen MR) is 87.4 cm³/mol. The van der Waals surface area contributed by atoms with Gasteiger partial charge in [-0.2, -0.15) is 4.31 Å². The van der Waals surface area contributed by atoms with Gasteiger partial charge in [0, 0.05) is 24.7 Å². The lowest BCUT2D eigenvalue weighted by Gasteiger charge is -2.22. The molecule has 0 spiro atoms. The summed E-state index contributed by atoms with van der Waals surface area (Å²) in [7, 11) is -2.55. The highest BCUT2D eigenvalue weighted by atomic mass is 35.5. The first-order valence-electron chi connectivity index (χ1n) is 6.85. The molecule has 1 aliphatic rings. The van der Waals surface area contributed by atoms with Gasteiger partial charge < -0.3 is 10.5 Å². The lowest BCUT2D eigenvalue weighted by molar-refractivity contribution is -0.385. The minimum Gasteiger partial charge on any atom is -0.495 e. The summed E-state index contributed by atoms with van der Waals surface area (Å²) in [5.74, 6) is 0.184. The number of non-ortho nitro benzene ring substituents is 1. The van der Waals surface area contributed by atoms with E-state index in [2.05, 4.69) is 0 Å². The minimum absolute atomic E-state index is 0. The Labute approximate surface area is 141 Å². The molecule has 1 heterocycles. The van der Waals surface area contributed by atoms with Crippen molar-refractivity contribution in [1.82, 2.24) is 4.31 Å². The van der Waals surface area contributed by atoms with Crippen LogP contribution < -0.4 is 10.5 Å². The first kappa shape index (κ1) is 19.6. The second kappa shape index (κ2) is 7.43. The lowest BCUT2D eigenvalue weighted by atomic mass is 10.1. The Morgan fingerprint density at radius 3 is 2.61 bits per heavy atom. The summed E-state index contributed by atoms with van der Waals surface area (Å²) in [4.78, 5) is 10.1. The van der Waals surface area contributed by atoms with Gasteiger partial charge in [0.1, 0.15) is 10.6 Å². The molecule has 2 rings (SSSR count). The van der Waals surface area contributed by atoms with Crippen LogP contribution in [0.15, 0.2) is 23.1 Å². The molecule has 130 valence electrons. The third-order valence-electron chi connectivity index (χ3n) is 3.88. The molecule has 2 atom stereocenters. The molecule has 0 saturated carbocycles. The molecule has 0 amide bonds. The highest BCUT2D eigenvalue weighted by molar-refractivity contribution is 7.89. The molecule has 0 aromatic heterocycles. The Morgan fingerprint density at radius 2 is 2.13 bits per heavy atom. The fraction of sp³-hybridized carbons (Fsp3) is 0.538. The molecule has 1 aromatic rings. The van der Waals surface area contributed by atoms with Crippen molar-refractivity contribution >= 4 is 28.1 Å². The number of nitro groups is 1. The maximum absolute atomic E-state index is 12.8. The molecule has 10 heteroatoms. The van der Waals surface area contributed by atoms with Crippen molar-refractivity contribution in [2.45, 2.75) is 24.3 Å². The van der Waals surface area contributed by atoms with Crippen molar-refractivity contribution in [3.05, 3.63) is 28.3 Å². The number of benzene rings is 1. The van der Waals surface area contributed by atoms with Crippen molar-refractivity contribution in [2.75, 3.05) is 20.2 Å². The molecule has 23 heavy (non-hydrogen) atoms. The second-order valence-corrected chi connectivity index (χ2v) is 7.21. The Bertz CT molecular complexity index is 682. The van der Waals surface area contributed by atoms with Gasteiger partial charge in [0.25, 0.3) is 5.69 Å². The fourth-order valence-electron chi connectivity index (χ4n) is 2.72. The average molecular weight is 366 g/mol. The van der Waals surface area contributed by atoms with Crippen LogP contribution in [0.2, 0.25) is 0 Å². The second-order valence-electron chi connectivity index (χ2n) is 5.35. The Balaban J connectivity index is 0.00000264. The molecule has 1 saturated heterocycles. The van der Waals surface area contributed by atoms with E-state index in [1.807, 2.05) is 0 Å². The smallest absolute Gasteiger partial charge is 0.271 e. The predicted octanol–water partition coefficient (Wildman–Crippen LogP) is 1.38. The SMILES string of the molecule is COc1ccc([N+](=O)[O-])cc1S(=O)(=O)N1CC(CN)CC1C.Cl. The molecular weight excluding hydrogens is 346 g/mol. The van der Waals surface area contributed by atoms with Crippen molar-refractivity contribution < 1.29 is 18.1 Å². The molecule has 1 aromatic carbocycles. The van der Waals surface area contributed by atoms with Crippen molar-refractivity contribution in [1.29, 1.82) is 0 Å². The zero-order chi connectivity index (χ0) is 16.5. The zero-order valence-corrected chi connectivity index (χ0v) is 14.5. The van der Waals surface area contributed by atoms with E-state index in [4.69, 9.17) is 10.5 Å². The van der Waals surface area contributed by atoms with E-state index in [-0.39, 0.29) is 40.7 Å². The van der Waals surface area contributed by atoms with Crippen LogP contribution in [0.3, 0.4) is 0 Å². The van der Waals surface area contributed by atoms with Crippen LogP contribution in [0.4, 0.5) is 5.69 Å². The Morgan fingerprint density at radius 1 is 1.48 bits per heavy atom. The molecular formula is C13H20ClN3O5S. The van der Waals surface area contributed by atoms with E-state index in [1.54, 1.807) is 6.92 Å². The molecule has 0 bridgehead atoms. The number of nitrogens with zero attached hydrogens (tertiary/aromatic N) is 2. The molecule has 2 N–H and O–H groups in total. The lowest BCUT2D eigenvalue weighted by Crippen LogP contribution is -2.34. The Hall–Kier alpha value is -1.42. The number of hydrogen-bond donors (Lipinski definition) is 1. The molecule has 1 aliphatic heterocycles. The Kier molecular flexibility index (Phi) is 6.34. The van der Waals surface area contributed by atoms with Gasteiger partial charge in [-0.15, -0.1) is 12.4 Å². The van der Waals surface area contributed by atoms with Gasteiger partial charge in [-0.1, -0.05) is 0 Å². The first-order chi connectivity index (χ1) is 10.3. The molecule has 8 nitrogen and oxygen atoms in total. The van der Waals surface area contributed by atoms with Gasteiger partial charge in [-0.05, 0) is 31.9 Å². The van der Waals surface area contributed by atoms with Crippen LogP contribution in [0, 0.1) is 16.0 Å². The summed E-state index contributed by atoms with van der Waals surface area (Å²) in [5.41, 5.74) is 5.33. The van der Waals surface area contributed by atoms with E-state index in [0.29, 0.717) is 19.5 Å². The number of rotatable bonds is 5. The maximum Gasteiger partial charge on any atom is 0.271 e. The largest absolute Gasteiger partial charge is 0.495 e. The number of halogens is 1. The molecule has 1 fully saturated rings. The van der Waals surface area contributed by atoms with Crippen molar-refractivity contribution in [3.8, 4) is 5.75 Å². The number of nitrogens with two attached hydrogens (primary N) is 1. The van der Waals surface area contributed by atoms with Crippen LogP contribution in [-0.4, -0.2) is 43.9 Å². The number of hydrogen-bond acceptors (Lipinski definition) is 6. The first-order valence-corrected chi connectivity index (χ1v) is 8.29. The van der Waals surface area contributed by atoms with Crippen LogP contribution >= 0.6 is 12.4 Å². The average Bonchev–Trinajstić information content (AvgIpc) is 2.88. The number of sulfonamides is 1. The van der Waals surface area contributed by atoms with Gasteiger partial charge >= 0.3 is 0 Å². The van der Waals surface area contributed by atoms with Crippen LogP contribution in [0.5, 0.6) is 5.75 Å². The van der Waals surface area contributed by atoms with E-state index in [9.17, 15) is 18.5 Å². The third-order valence-corrected chi connectivity index (χ3v) is 5.88. The van der Waals surface area contributed by atoms with Gasteiger partial charge in [0.2, 0.25) is 10.0 Å². The fourth-order valence-corrected chi connectivity index (χ4v) is 4.62. The van der Waals surface area contributed by atoms with Gasteiger partial charge in [0.05, 0.1) is 12.0 Å². The molecule has 0 aliphatic carbocycles. The zero-order valence-electron chi connectivity index (χ0n) is 12.8. The van der Waals surface area contributed by atoms with Crippen LogP contribution in [0.1, 0.15) is 13.3 Å². The number of methoxy groups -OCH3 is 1. The van der Waals surface area contributed by atoms with Crippen LogP contribution in [-0.2, 0) is 10.0 Å². The quantitative estimate of drug-likeness (QED) is 0.622. The highest BCUT2D eigenvalue weighted by Gasteiger charge is 2.39. The standard InChI is InChI=1S/C13H19N3O5S.ClH/c1-9-5-10(7-14)8-15(9)22(19,20)13-6-11(16(17)18)3-4-12(13)21-2;/h3-4,6,9-10H,5,7-8,14H2,1-2H3;1H. The summed E-state index contributed by atoms with van der Waals surface area (Å²) >= 11 is 0. The summed E-state index contributed by atoms with van der Waals surface area (Å²) < 4.78 is 32.1. The number of ether oxygens (including phenoxy) is 1. The van der Waals surface area contributed by atoms with E-state index in [1.165, 1.54) is 23.5 Å². The van der Waals surface area contributed by atoms with Gasteiger partial charge in [-0.25, -0.2) is 8.42 Å². The third kappa shape index (κ3) is 3.74. The topological polar surface area (TPSA) is 116 Å². The summed E-state index contributed by atoms with van der Waals surface area (Å²) in [6.45, 7) is 2.52. The molecule has 0 radical (unpaired) electrons. The maximum atomic E-state index is 12.8. The summed E-state index contributed by atoms with van der Waals surface area (Å²) in [6, 6.07) is 3.35. The highest BCUT2D eigenvalue weighted by Crippen LogP contribution is 2.35. The van der Waals surface area contributed by atoms with Gasteiger partial charge in [0.15, 0.2) is 0 Å². The van der Waals surface area contributed by atoms with Crippen molar-refractivity contribution in [3.63, 3.8) is 0 Å².